The summed E-state index contributed by atoms with van der Waals surface area (Å²) >= 11 is 0. The molecule has 2 rings (SSSR count). The molecule has 2 fully saturated rings. The Kier molecular flexibility index (Phi) is 5.19. The van der Waals surface area contributed by atoms with Crippen molar-refractivity contribution in [1.29, 1.82) is 0 Å². The van der Waals surface area contributed by atoms with Gasteiger partial charge >= 0.3 is 11.9 Å². The topological polar surface area (TPSA) is 141 Å². The number of carbonyl (C=O) groups is 4. The van der Waals surface area contributed by atoms with E-state index >= 15 is 0 Å². The molecular formula is C14H21N3O6. The summed E-state index contributed by atoms with van der Waals surface area (Å²) in [7, 11) is 0. The number of amides is 2. The number of carboxylic acid groups (broad SMARTS) is 2. The number of hydrogen-bond donors (Lipinski definition) is 3. The third kappa shape index (κ3) is 3.61. The summed E-state index contributed by atoms with van der Waals surface area (Å²) in [6.07, 6.45) is 1.56. The first kappa shape index (κ1) is 17.2. The Morgan fingerprint density at radius 2 is 1.57 bits per heavy atom. The van der Waals surface area contributed by atoms with Crippen LogP contribution in [0.15, 0.2) is 0 Å². The van der Waals surface area contributed by atoms with Crippen LogP contribution in [0.3, 0.4) is 0 Å². The van der Waals surface area contributed by atoms with Crippen LogP contribution in [0.4, 0.5) is 0 Å². The van der Waals surface area contributed by atoms with Gasteiger partial charge in [-0.1, -0.05) is 0 Å². The van der Waals surface area contributed by atoms with Crippen molar-refractivity contribution in [3.8, 4) is 0 Å². The first-order valence-corrected chi connectivity index (χ1v) is 7.64. The van der Waals surface area contributed by atoms with Crippen LogP contribution < -0.4 is 5.73 Å². The van der Waals surface area contributed by atoms with E-state index in [1.165, 1.54) is 9.80 Å². The molecule has 2 heterocycles. The minimum Gasteiger partial charge on any atom is -0.481 e. The maximum absolute atomic E-state index is 12.6. The highest BCUT2D eigenvalue weighted by molar-refractivity contribution is 5.93. The van der Waals surface area contributed by atoms with Gasteiger partial charge in [0, 0.05) is 13.1 Å². The van der Waals surface area contributed by atoms with Gasteiger partial charge < -0.3 is 25.7 Å². The van der Waals surface area contributed by atoms with E-state index in [-0.39, 0.29) is 5.91 Å². The summed E-state index contributed by atoms with van der Waals surface area (Å²) in [5, 5.41) is 17.9. The van der Waals surface area contributed by atoms with Crippen molar-refractivity contribution in [2.75, 3.05) is 13.1 Å². The van der Waals surface area contributed by atoms with E-state index < -0.39 is 42.4 Å². The molecule has 0 bridgehead atoms. The van der Waals surface area contributed by atoms with Gasteiger partial charge in [-0.25, -0.2) is 4.79 Å². The zero-order valence-corrected chi connectivity index (χ0v) is 12.7. The minimum absolute atomic E-state index is 0.328. The number of nitrogens with two attached hydrogens (primary N) is 1. The summed E-state index contributed by atoms with van der Waals surface area (Å²) in [6.45, 7) is 0.684. The highest BCUT2D eigenvalue weighted by Gasteiger charge is 2.42. The summed E-state index contributed by atoms with van der Waals surface area (Å²) in [6, 6.07) is -2.80. The van der Waals surface area contributed by atoms with Gasteiger partial charge in [-0.05, 0) is 25.7 Å². The lowest BCUT2D eigenvalue weighted by molar-refractivity contribution is -0.152. The highest BCUT2D eigenvalue weighted by Crippen LogP contribution is 2.25. The molecular weight excluding hydrogens is 306 g/mol. The molecule has 0 radical (unpaired) electrons. The number of likely N-dealkylation sites (tertiary alicyclic amines) is 2. The second-order valence-electron chi connectivity index (χ2n) is 5.92. The third-order valence-electron chi connectivity index (χ3n) is 4.35. The molecule has 3 unspecified atom stereocenters. The van der Waals surface area contributed by atoms with Crippen LogP contribution in [0, 0.1) is 0 Å². The van der Waals surface area contributed by atoms with Crippen LogP contribution in [0.1, 0.15) is 32.1 Å². The van der Waals surface area contributed by atoms with Crippen molar-refractivity contribution in [2.45, 2.75) is 50.2 Å². The normalized spacial score (nSPS) is 25.4. The molecule has 0 saturated carbocycles. The van der Waals surface area contributed by atoms with Crippen LogP contribution in [-0.4, -0.2) is 75.0 Å². The van der Waals surface area contributed by atoms with Crippen molar-refractivity contribution in [2.24, 2.45) is 5.73 Å². The van der Waals surface area contributed by atoms with E-state index in [4.69, 9.17) is 10.8 Å². The van der Waals surface area contributed by atoms with E-state index in [9.17, 15) is 24.3 Å². The van der Waals surface area contributed by atoms with Gasteiger partial charge in [-0.3, -0.25) is 14.4 Å². The van der Waals surface area contributed by atoms with Gasteiger partial charge in [-0.2, -0.15) is 0 Å². The Labute approximate surface area is 133 Å². The van der Waals surface area contributed by atoms with Gasteiger partial charge in [-0.15, -0.1) is 0 Å². The Morgan fingerprint density at radius 1 is 1.00 bits per heavy atom. The lowest BCUT2D eigenvalue weighted by Crippen LogP contribution is -2.54. The molecule has 2 amide bonds. The summed E-state index contributed by atoms with van der Waals surface area (Å²) in [5.74, 6) is -3.19. The maximum atomic E-state index is 12.6. The molecule has 0 aliphatic carbocycles. The number of aliphatic carboxylic acids is 2. The van der Waals surface area contributed by atoms with Gasteiger partial charge in [0.15, 0.2) is 0 Å². The van der Waals surface area contributed by atoms with Gasteiger partial charge in [0.2, 0.25) is 11.8 Å². The monoisotopic (exact) mass is 327 g/mol. The number of rotatable bonds is 5. The van der Waals surface area contributed by atoms with E-state index in [0.717, 1.165) is 0 Å². The molecule has 4 N–H and O–H groups in total. The summed E-state index contributed by atoms with van der Waals surface area (Å²) in [4.78, 5) is 49.4. The summed E-state index contributed by atoms with van der Waals surface area (Å²) < 4.78 is 0. The van der Waals surface area contributed by atoms with Crippen LogP contribution in [0.25, 0.3) is 0 Å². The Hall–Kier alpha value is -2.16. The number of nitrogens with zero attached hydrogens (tertiary/aromatic N) is 2. The number of carbonyl (C=O) groups excluding carboxylic acids is 2. The average Bonchev–Trinajstić information content (AvgIpc) is 3.13. The quantitative estimate of drug-likeness (QED) is 0.579. The fourth-order valence-electron chi connectivity index (χ4n) is 3.25. The van der Waals surface area contributed by atoms with E-state index in [1.807, 2.05) is 0 Å². The van der Waals surface area contributed by atoms with Crippen LogP contribution >= 0.6 is 0 Å². The molecule has 2 aliphatic rings. The Bertz CT molecular complexity index is 523. The van der Waals surface area contributed by atoms with Crippen LogP contribution in [0.2, 0.25) is 0 Å². The number of hydrogen-bond acceptors (Lipinski definition) is 5. The van der Waals surface area contributed by atoms with E-state index in [0.29, 0.717) is 38.8 Å². The van der Waals surface area contributed by atoms with E-state index in [2.05, 4.69) is 0 Å². The molecule has 0 aromatic carbocycles. The highest BCUT2D eigenvalue weighted by atomic mass is 16.4. The zero-order valence-electron chi connectivity index (χ0n) is 12.7. The van der Waals surface area contributed by atoms with Gasteiger partial charge in [0.05, 0.1) is 12.5 Å². The van der Waals surface area contributed by atoms with Crippen LogP contribution in [-0.2, 0) is 19.2 Å². The molecule has 2 aliphatic heterocycles. The standard InChI is InChI=1S/C14H21N3O6/c15-8(7-11(18)19)12(20)16-5-1-3-9(16)13(21)17-6-2-4-10(17)14(22)23/h8-10H,1-7,15H2,(H,18,19)(H,22,23). The Balaban J connectivity index is 2.09. The molecule has 9 nitrogen and oxygen atoms in total. The lowest BCUT2D eigenvalue weighted by atomic mass is 10.1. The second-order valence-corrected chi connectivity index (χ2v) is 5.92. The second kappa shape index (κ2) is 6.95. The van der Waals surface area contributed by atoms with Crippen molar-refractivity contribution >= 4 is 23.8 Å². The third-order valence-corrected chi connectivity index (χ3v) is 4.35. The first-order valence-electron chi connectivity index (χ1n) is 7.64. The van der Waals surface area contributed by atoms with Crippen molar-refractivity contribution < 1.29 is 29.4 Å². The van der Waals surface area contributed by atoms with Crippen molar-refractivity contribution in [1.82, 2.24) is 9.80 Å². The van der Waals surface area contributed by atoms with Crippen molar-refractivity contribution in [3.05, 3.63) is 0 Å². The van der Waals surface area contributed by atoms with Crippen molar-refractivity contribution in [3.63, 3.8) is 0 Å². The molecule has 0 aromatic rings. The molecule has 0 spiro atoms. The molecule has 2 saturated heterocycles. The first-order chi connectivity index (χ1) is 10.8. The molecule has 9 heteroatoms. The molecule has 3 atom stereocenters. The van der Waals surface area contributed by atoms with E-state index in [1.54, 1.807) is 0 Å². The van der Waals surface area contributed by atoms with Crippen LogP contribution in [0.5, 0.6) is 0 Å². The molecule has 23 heavy (non-hydrogen) atoms. The number of carboxylic acids is 2. The van der Waals surface area contributed by atoms with Gasteiger partial charge in [0.25, 0.3) is 0 Å². The fourth-order valence-corrected chi connectivity index (χ4v) is 3.25. The maximum Gasteiger partial charge on any atom is 0.326 e. The van der Waals surface area contributed by atoms with Gasteiger partial charge in [0.1, 0.15) is 12.1 Å². The molecule has 128 valence electrons. The predicted octanol–water partition coefficient (Wildman–Crippen LogP) is -1.14. The predicted molar refractivity (Wildman–Crippen MR) is 77.3 cm³/mol. The fraction of sp³-hybridized carbons (Fsp3) is 0.714. The SMILES string of the molecule is NC(CC(=O)O)C(=O)N1CCCC1C(=O)N1CCCC1C(=O)O. The zero-order chi connectivity index (χ0) is 17.1. The minimum atomic E-state index is -1.20. The Morgan fingerprint density at radius 3 is 2.13 bits per heavy atom. The molecule has 0 aromatic heterocycles. The smallest absolute Gasteiger partial charge is 0.326 e. The lowest BCUT2D eigenvalue weighted by Gasteiger charge is -2.31. The largest absolute Gasteiger partial charge is 0.481 e. The summed E-state index contributed by atoms with van der Waals surface area (Å²) in [5.41, 5.74) is 5.60. The average molecular weight is 327 g/mol.